The summed E-state index contributed by atoms with van der Waals surface area (Å²) in [7, 11) is 0. The van der Waals surface area contributed by atoms with Gasteiger partial charge >= 0.3 is 0 Å². The van der Waals surface area contributed by atoms with Gasteiger partial charge in [-0.3, -0.25) is 4.90 Å². The lowest BCUT2D eigenvalue weighted by molar-refractivity contribution is 0.0342. The highest BCUT2D eigenvalue weighted by molar-refractivity contribution is 5.81. The molecular formula is C17H20N6O. The Kier molecular flexibility index (Phi) is 4.35. The normalized spacial score (nSPS) is 15.7. The maximum atomic E-state index is 5.41. The summed E-state index contributed by atoms with van der Waals surface area (Å²) in [5, 5.41) is 3.36. The lowest BCUT2D eigenvalue weighted by atomic mass is 10.1. The van der Waals surface area contributed by atoms with E-state index in [1.165, 1.54) is 17.5 Å². The van der Waals surface area contributed by atoms with Crippen molar-refractivity contribution in [2.45, 2.75) is 13.1 Å². The zero-order valence-electron chi connectivity index (χ0n) is 13.4. The van der Waals surface area contributed by atoms with Crippen molar-refractivity contribution in [1.82, 2.24) is 24.8 Å². The number of ether oxygens (including phenoxy) is 1. The van der Waals surface area contributed by atoms with Crippen molar-refractivity contribution in [3.63, 3.8) is 0 Å². The molecule has 0 spiro atoms. The Morgan fingerprint density at radius 2 is 2.00 bits per heavy atom. The summed E-state index contributed by atoms with van der Waals surface area (Å²) in [6, 6.07) is 8.66. The number of hydrogen-bond donors (Lipinski definition) is 2. The number of fused-ring (bicyclic) bond motifs is 1. The van der Waals surface area contributed by atoms with Crippen molar-refractivity contribution < 1.29 is 4.74 Å². The number of benzene rings is 1. The second kappa shape index (κ2) is 6.94. The van der Waals surface area contributed by atoms with Crippen LogP contribution in [0.1, 0.15) is 11.1 Å². The van der Waals surface area contributed by atoms with Gasteiger partial charge in [0, 0.05) is 26.2 Å². The zero-order chi connectivity index (χ0) is 16.2. The van der Waals surface area contributed by atoms with Crippen LogP contribution in [0.3, 0.4) is 0 Å². The molecule has 2 aromatic heterocycles. The smallest absolute Gasteiger partial charge is 0.182 e. The molecule has 0 saturated carbocycles. The number of rotatable bonds is 5. The summed E-state index contributed by atoms with van der Waals surface area (Å²) in [5.41, 5.74) is 4.06. The minimum absolute atomic E-state index is 0.675. The highest BCUT2D eigenvalue weighted by Gasteiger charge is 2.11. The fraction of sp³-hybridized carbons (Fsp3) is 0.353. The number of nitrogens with one attached hydrogen (secondary N) is 2. The van der Waals surface area contributed by atoms with E-state index in [1.807, 2.05) is 0 Å². The molecule has 0 aliphatic carbocycles. The molecule has 4 rings (SSSR count). The van der Waals surface area contributed by atoms with Gasteiger partial charge in [0.25, 0.3) is 0 Å². The monoisotopic (exact) mass is 324 g/mol. The van der Waals surface area contributed by atoms with E-state index in [2.05, 4.69) is 54.4 Å². The third-order valence-corrected chi connectivity index (χ3v) is 4.18. The van der Waals surface area contributed by atoms with Crippen LogP contribution in [-0.2, 0) is 17.8 Å². The molecule has 124 valence electrons. The van der Waals surface area contributed by atoms with E-state index >= 15 is 0 Å². The number of hydrogen-bond acceptors (Lipinski definition) is 6. The molecule has 24 heavy (non-hydrogen) atoms. The average Bonchev–Trinajstić information content (AvgIpc) is 3.10. The predicted octanol–water partition coefficient (Wildman–Crippen LogP) is 1.80. The molecule has 0 amide bonds. The molecule has 7 heteroatoms. The summed E-state index contributed by atoms with van der Waals surface area (Å²) < 4.78 is 5.41. The molecule has 0 bridgehead atoms. The highest BCUT2D eigenvalue weighted by atomic mass is 16.5. The molecule has 7 nitrogen and oxygen atoms in total. The lowest BCUT2D eigenvalue weighted by Gasteiger charge is -2.26. The second-order valence-electron chi connectivity index (χ2n) is 5.89. The Balaban J connectivity index is 1.43. The molecule has 0 atom stereocenters. The van der Waals surface area contributed by atoms with Crippen molar-refractivity contribution in [2.24, 2.45) is 0 Å². The molecular weight excluding hydrogens is 304 g/mol. The van der Waals surface area contributed by atoms with Crippen molar-refractivity contribution in [3.8, 4) is 0 Å². The van der Waals surface area contributed by atoms with Crippen LogP contribution in [0.2, 0.25) is 0 Å². The number of aromatic nitrogens is 4. The van der Waals surface area contributed by atoms with Gasteiger partial charge in [0.05, 0.1) is 19.5 Å². The summed E-state index contributed by atoms with van der Waals surface area (Å²) in [4.78, 5) is 18.1. The average molecular weight is 324 g/mol. The van der Waals surface area contributed by atoms with Crippen LogP contribution in [0.4, 0.5) is 5.82 Å². The summed E-state index contributed by atoms with van der Waals surface area (Å²) in [6.07, 6.45) is 3.16. The lowest BCUT2D eigenvalue weighted by Crippen LogP contribution is -2.35. The van der Waals surface area contributed by atoms with E-state index < -0.39 is 0 Å². The fourth-order valence-electron chi connectivity index (χ4n) is 2.94. The van der Waals surface area contributed by atoms with Crippen molar-refractivity contribution in [3.05, 3.63) is 48.0 Å². The maximum absolute atomic E-state index is 5.41. The molecule has 0 unspecified atom stereocenters. The Labute approximate surface area is 140 Å². The summed E-state index contributed by atoms with van der Waals surface area (Å²) in [5.74, 6) is 0.774. The quantitative estimate of drug-likeness (QED) is 0.745. The third kappa shape index (κ3) is 3.37. The van der Waals surface area contributed by atoms with Crippen LogP contribution in [0.15, 0.2) is 36.9 Å². The van der Waals surface area contributed by atoms with E-state index in [9.17, 15) is 0 Å². The minimum Gasteiger partial charge on any atom is -0.379 e. The van der Waals surface area contributed by atoms with Crippen LogP contribution in [0.25, 0.3) is 11.2 Å². The molecule has 1 fully saturated rings. The molecule has 2 N–H and O–H groups in total. The van der Waals surface area contributed by atoms with Crippen molar-refractivity contribution >= 4 is 17.0 Å². The number of nitrogens with zero attached hydrogens (tertiary/aromatic N) is 4. The van der Waals surface area contributed by atoms with Gasteiger partial charge in [0.1, 0.15) is 11.8 Å². The summed E-state index contributed by atoms with van der Waals surface area (Å²) >= 11 is 0. The van der Waals surface area contributed by atoms with Crippen LogP contribution in [0.5, 0.6) is 0 Å². The van der Waals surface area contributed by atoms with Gasteiger partial charge in [-0.25, -0.2) is 15.0 Å². The van der Waals surface area contributed by atoms with Crippen molar-refractivity contribution in [2.75, 3.05) is 31.6 Å². The largest absolute Gasteiger partial charge is 0.379 e. The van der Waals surface area contributed by atoms with E-state index in [0.717, 1.165) is 44.2 Å². The van der Waals surface area contributed by atoms with E-state index in [4.69, 9.17) is 4.74 Å². The molecule has 1 aromatic carbocycles. The van der Waals surface area contributed by atoms with Crippen LogP contribution in [-0.4, -0.2) is 51.1 Å². The predicted molar refractivity (Wildman–Crippen MR) is 91.5 cm³/mol. The molecule has 1 saturated heterocycles. The van der Waals surface area contributed by atoms with Gasteiger partial charge in [-0.15, -0.1) is 0 Å². The molecule has 1 aliphatic heterocycles. The first-order valence-electron chi connectivity index (χ1n) is 8.14. The van der Waals surface area contributed by atoms with Gasteiger partial charge in [-0.2, -0.15) is 0 Å². The van der Waals surface area contributed by atoms with Crippen LogP contribution >= 0.6 is 0 Å². The number of anilines is 1. The fourth-order valence-corrected chi connectivity index (χ4v) is 2.94. The Morgan fingerprint density at radius 3 is 2.92 bits per heavy atom. The Bertz CT molecular complexity index is 811. The van der Waals surface area contributed by atoms with Crippen molar-refractivity contribution in [1.29, 1.82) is 0 Å². The van der Waals surface area contributed by atoms with E-state index in [0.29, 0.717) is 12.2 Å². The topological polar surface area (TPSA) is 79.0 Å². The molecule has 0 radical (unpaired) electrons. The first-order valence-corrected chi connectivity index (χ1v) is 8.14. The van der Waals surface area contributed by atoms with Gasteiger partial charge in [0.2, 0.25) is 0 Å². The molecule has 1 aliphatic rings. The van der Waals surface area contributed by atoms with Gasteiger partial charge < -0.3 is 15.0 Å². The third-order valence-electron chi connectivity index (χ3n) is 4.18. The van der Waals surface area contributed by atoms with Gasteiger partial charge in [-0.1, -0.05) is 24.3 Å². The number of imidazole rings is 1. The maximum Gasteiger partial charge on any atom is 0.182 e. The number of aromatic amines is 1. The zero-order valence-corrected chi connectivity index (χ0v) is 13.4. The standard InChI is InChI=1S/C17H20N6O/c1-2-13(8-14(3-1)10-23-4-6-24-7-5-23)9-18-16-15-17(20-11-19-15)22-12-21-16/h1-3,8,11-12H,4-7,9-10H2,(H2,18,19,20,21,22). The summed E-state index contributed by atoms with van der Waals surface area (Å²) in [6.45, 7) is 5.34. The van der Waals surface area contributed by atoms with Gasteiger partial charge in [-0.05, 0) is 11.1 Å². The second-order valence-corrected chi connectivity index (χ2v) is 5.89. The minimum atomic E-state index is 0.675. The van der Waals surface area contributed by atoms with Gasteiger partial charge in [0.15, 0.2) is 11.5 Å². The Hall–Kier alpha value is -2.51. The van der Waals surface area contributed by atoms with Crippen LogP contribution < -0.4 is 5.32 Å². The highest BCUT2D eigenvalue weighted by Crippen LogP contribution is 2.16. The number of morpholine rings is 1. The molecule has 3 aromatic rings. The Morgan fingerprint density at radius 1 is 1.12 bits per heavy atom. The van der Waals surface area contributed by atoms with E-state index in [-0.39, 0.29) is 0 Å². The first-order chi connectivity index (χ1) is 11.9. The first kappa shape index (κ1) is 15.0. The number of H-pyrrole nitrogens is 1. The SMILES string of the molecule is c1cc(CNc2ncnc3nc[nH]c23)cc(CN2CCOCC2)c1. The molecule has 3 heterocycles. The van der Waals surface area contributed by atoms with Crippen LogP contribution in [0, 0.1) is 0 Å². The van der Waals surface area contributed by atoms with E-state index in [1.54, 1.807) is 6.33 Å².